The molecule has 1 saturated heterocycles. The third-order valence-corrected chi connectivity index (χ3v) is 4.90. The van der Waals surface area contributed by atoms with Crippen molar-refractivity contribution in [1.29, 1.82) is 0 Å². The number of nitrogens with zero attached hydrogens (tertiary/aromatic N) is 1. The molecule has 1 aliphatic carbocycles. The summed E-state index contributed by atoms with van der Waals surface area (Å²) in [7, 11) is 0. The van der Waals surface area contributed by atoms with Crippen LogP contribution in [0.5, 0.6) is 0 Å². The normalized spacial score (nSPS) is 30.6. The van der Waals surface area contributed by atoms with Crippen molar-refractivity contribution in [2.75, 3.05) is 6.54 Å². The standard InChI is InChI=1S/C15H28N2O/c1-4-11(3)14-15(18)17(13(5-2)16-14)10-9-12-7-6-8-12/h11-14,16H,4-10H2,1-3H3. The predicted octanol–water partition coefficient (Wildman–Crippen LogP) is 2.76. The van der Waals surface area contributed by atoms with Crippen LogP contribution in [0.15, 0.2) is 0 Å². The molecule has 0 aromatic heterocycles. The molecular weight excluding hydrogens is 224 g/mol. The Bertz CT molecular complexity index is 288. The summed E-state index contributed by atoms with van der Waals surface area (Å²) >= 11 is 0. The molecule has 1 N–H and O–H groups in total. The highest BCUT2D eigenvalue weighted by Gasteiger charge is 2.40. The highest BCUT2D eigenvalue weighted by Crippen LogP contribution is 2.30. The number of amides is 1. The Labute approximate surface area is 111 Å². The van der Waals surface area contributed by atoms with Crippen LogP contribution >= 0.6 is 0 Å². The van der Waals surface area contributed by atoms with Crippen LogP contribution in [0.2, 0.25) is 0 Å². The zero-order chi connectivity index (χ0) is 13.1. The third kappa shape index (κ3) is 2.71. The van der Waals surface area contributed by atoms with Gasteiger partial charge in [0, 0.05) is 6.54 Å². The van der Waals surface area contributed by atoms with Gasteiger partial charge in [0.15, 0.2) is 0 Å². The first-order chi connectivity index (χ1) is 8.67. The summed E-state index contributed by atoms with van der Waals surface area (Å²) in [5, 5.41) is 3.53. The first kappa shape index (κ1) is 13.9. The summed E-state index contributed by atoms with van der Waals surface area (Å²) in [6, 6.07) is 0.0568. The molecule has 2 aliphatic rings. The van der Waals surface area contributed by atoms with Crippen LogP contribution in [0.1, 0.15) is 59.3 Å². The lowest BCUT2D eigenvalue weighted by atomic mass is 9.83. The maximum absolute atomic E-state index is 12.5. The van der Waals surface area contributed by atoms with E-state index in [-0.39, 0.29) is 12.2 Å². The lowest BCUT2D eigenvalue weighted by Gasteiger charge is -2.29. The average molecular weight is 252 g/mol. The maximum atomic E-state index is 12.5. The number of carbonyl (C=O) groups excluding carboxylic acids is 1. The highest BCUT2D eigenvalue weighted by molar-refractivity contribution is 5.84. The monoisotopic (exact) mass is 252 g/mol. The van der Waals surface area contributed by atoms with Crippen molar-refractivity contribution < 1.29 is 4.79 Å². The van der Waals surface area contributed by atoms with E-state index in [0.29, 0.717) is 11.8 Å². The molecule has 0 radical (unpaired) electrons. The van der Waals surface area contributed by atoms with Gasteiger partial charge in [-0.1, -0.05) is 46.5 Å². The van der Waals surface area contributed by atoms with Crippen LogP contribution in [-0.4, -0.2) is 29.6 Å². The van der Waals surface area contributed by atoms with E-state index in [1.807, 2.05) is 0 Å². The van der Waals surface area contributed by atoms with Gasteiger partial charge in [0.1, 0.15) is 0 Å². The van der Waals surface area contributed by atoms with Crippen LogP contribution in [0.25, 0.3) is 0 Å². The molecule has 1 saturated carbocycles. The molecule has 3 atom stereocenters. The van der Waals surface area contributed by atoms with Crippen LogP contribution < -0.4 is 5.32 Å². The Morgan fingerprint density at radius 3 is 2.61 bits per heavy atom. The molecule has 3 nitrogen and oxygen atoms in total. The molecule has 2 rings (SSSR count). The van der Waals surface area contributed by atoms with Gasteiger partial charge in [-0.05, 0) is 24.7 Å². The van der Waals surface area contributed by atoms with E-state index in [1.54, 1.807) is 0 Å². The van der Waals surface area contributed by atoms with E-state index in [0.717, 1.165) is 25.3 Å². The van der Waals surface area contributed by atoms with Crippen molar-refractivity contribution in [2.24, 2.45) is 11.8 Å². The minimum Gasteiger partial charge on any atom is -0.326 e. The van der Waals surface area contributed by atoms with Crippen LogP contribution in [0.3, 0.4) is 0 Å². The Kier molecular flexibility index (Phi) is 4.66. The summed E-state index contributed by atoms with van der Waals surface area (Å²) in [5.74, 6) is 1.67. The molecule has 3 heteroatoms. The number of nitrogens with one attached hydrogen (secondary N) is 1. The summed E-state index contributed by atoms with van der Waals surface area (Å²) in [6.07, 6.45) is 7.71. The van der Waals surface area contributed by atoms with Crippen LogP contribution in [0.4, 0.5) is 0 Å². The fraction of sp³-hybridized carbons (Fsp3) is 0.933. The number of rotatable bonds is 6. The minimum absolute atomic E-state index is 0.0568. The van der Waals surface area contributed by atoms with E-state index >= 15 is 0 Å². The Morgan fingerprint density at radius 2 is 2.11 bits per heavy atom. The van der Waals surface area contributed by atoms with Gasteiger partial charge >= 0.3 is 0 Å². The van der Waals surface area contributed by atoms with E-state index in [4.69, 9.17) is 0 Å². The quantitative estimate of drug-likeness (QED) is 0.788. The van der Waals surface area contributed by atoms with Crippen molar-refractivity contribution in [3.8, 4) is 0 Å². The van der Waals surface area contributed by atoms with Gasteiger partial charge in [-0.3, -0.25) is 10.1 Å². The molecule has 0 bridgehead atoms. The van der Waals surface area contributed by atoms with Crippen molar-refractivity contribution in [1.82, 2.24) is 10.2 Å². The maximum Gasteiger partial charge on any atom is 0.241 e. The number of hydrogen-bond donors (Lipinski definition) is 1. The smallest absolute Gasteiger partial charge is 0.241 e. The zero-order valence-corrected chi connectivity index (χ0v) is 12.1. The van der Waals surface area contributed by atoms with Gasteiger partial charge in [0.05, 0.1) is 12.2 Å². The molecule has 3 unspecified atom stereocenters. The predicted molar refractivity (Wildman–Crippen MR) is 74.1 cm³/mol. The van der Waals surface area contributed by atoms with Crippen molar-refractivity contribution in [3.05, 3.63) is 0 Å². The topological polar surface area (TPSA) is 32.3 Å². The second-order valence-corrected chi connectivity index (χ2v) is 6.07. The Morgan fingerprint density at radius 1 is 1.39 bits per heavy atom. The van der Waals surface area contributed by atoms with E-state index < -0.39 is 0 Å². The molecule has 0 aromatic rings. The Hall–Kier alpha value is -0.570. The first-order valence-electron chi connectivity index (χ1n) is 7.73. The molecule has 1 amide bonds. The molecule has 18 heavy (non-hydrogen) atoms. The van der Waals surface area contributed by atoms with Crippen LogP contribution in [-0.2, 0) is 4.79 Å². The number of carbonyl (C=O) groups is 1. The highest BCUT2D eigenvalue weighted by atomic mass is 16.2. The fourth-order valence-corrected chi connectivity index (χ4v) is 3.05. The molecular formula is C15H28N2O. The molecule has 2 fully saturated rings. The van der Waals surface area contributed by atoms with Gasteiger partial charge in [-0.2, -0.15) is 0 Å². The van der Waals surface area contributed by atoms with E-state index in [1.165, 1.54) is 25.7 Å². The molecule has 0 aromatic carbocycles. The third-order valence-electron chi connectivity index (χ3n) is 4.90. The molecule has 1 heterocycles. The number of hydrogen-bond acceptors (Lipinski definition) is 2. The van der Waals surface area contributed by atoms with E-state index in [9.17, 15) is 4.79 Å². The zero-order valence-electron chi connectivity index (χ0n) is 12.1. The summed E-state index contributed by atoms with van der Waals surface area (Å²) in [6.45, 7) is 7.47. The van der Waals surface area contributed by atoms with Gasteiger partial charge < -0.3 is 4.90 Å². The fourth-order valence-electron chi connectivity index (χ4n) is 3.05. The Balaban J connectivity index is 1.91. The summed E-state index contributed by atoms with van der Waals surface area (Å²) < 4.78 is 0. The largest absolute Gasteiger partial charge is 0.326 e. The summed E-state index contributed by atoms with van der Waals surface area (Å²) in [5.41, 5.74) is 0. The molecule has 0 spiro atoms. The van der Waals surface area contributed by atoms with Crippen molar-refractivity contribution in [3.63, 3.8) is 0 Å². The summed E-state index contributed by atoms with van der Waals surface area (Å²) in [4.78, 5) is 14.6. The van der Waals surface area contributed by atoms with Crippen molar-refractivity contribution >= 4 is 5.91 Å². The average Bonchev–Trinajstić information content (AvgIpc) is 2.64. The first-order valence-corrected chi connectivity index (χ1v) is 7.73. The molecule has 104 valence electrons. The lowest BCUT2D eigenvalue weighted by molar-refractivity contribution is -0.131. The van der Waals surface area contributed by atoms with Gasteiger partial charge in [-0.15, -0.1) is 0 Å². The second kappa shape index (κ2) is 6.05. The van der Waals surface area contributed by atoms with Crippen LogP contribution in [0, 0.1) is 11.8 Å². The lowest BCUT2D eigenvalue weighted by Crippen LogP contribution is -2.38. The second-order valence-electron chi connectivity index (χ2n) is 6.07. The molecule has 1 aliphatic heterocycles. The SMILES string of the molecule is CCC(C)C1NC(CC)N(CCC2CCC2)C1=O. The van der Waals surface area contributed by atoms with Crippen molar-refractivity contribution in [2.45, 2.75) is 71.5 Å². The van der Waals surface area contributed by atoms with Gasteiger partial charge in [0.25, 0.3) is 0 Å². The minimum atomic E-state index is 0.0568. The van der Waals surface area contributed by atoms with E-state index in [2.05, 4.69) is 31.0 Å². The van der Waals surface area contributed by atoms with Gasteiger partial charge in [-0.25, -0.2) is 0 Å². The van der Waals surface area contributed by atoms with Gasteiger partial charge in [0.2, 0.25) is 5.91 Å².